The molecule has 2 heterocycles. The van der Waals surface area contributed by atoms with E-state index in [-0.39, 0.29) is 5.91 Å². The molecule has 1 amide bonds. The van der Waals surface area contributed by atoms with E-state index in [4.69, 9.17) is 4.74 Å². The quantitative estimate of drug-likeness (QED) is 0.856. The van der Waals surface area contributed by atoms with Gasteiger partial charge in [0.05, 0.1) is 7.11 Å². The number of ether oxygens (including phenoxy) is 1. The highest BCUT2D eigenvalue weighted by Gasteiger charge is 2.35. The lowest BCUT2D eigenvalue weighted by Crippen LogP contribution is -2.41. The second-order valence-corrected chi connectivity index (χ2v) is 7.21. The first-order valence-electron chi connectivity index (χ1n) is 9.18. The summed E-state index contributed by atoms with van der Waals surface area (Å²) in [6, 6.07) is 8.57. The Kier molecular flexibility index (Phi) is 4.21. The molecular weight excluding hydrogens is 300 g/mol. The van der Waals surface area contributed by atoms with Crippen LogP contribution in [0.15, 0.2) is 30.5 Å². The third-order valence-corrected chi connectivity index (χ3v) is 5.85. The number of carbonyl (C=O) groups is 1. The molecule has 0 bridgehead atoms. The van der Waals surface area contributed by atoms with Crippen LogP contribution in [0.1, 0.15) is 38.5 Å². The van der Waals surface area contributed by atoms with Crippen LogP contribution in [-0.4, -0.2) is 35.1 Å². The van der Waals surface area contributed by atoms with Crippen molar-refractivity contribution in [1.82, 2.24) is 9.47 Å². The van der Waals surface area contributed by atoms with Gasteiger partial charge in [-0.3, -0.25) is 4.79 Å². The van der Waals surface area contributed by atoms with Crippen LogP contribution in [0.2, 0.25) is 0 Å². The molecule has 1 saturated heterocycles. The zero-order valence-electron chi connectivity index (χ0n) is 14.4. The zero-order valence-corrected chi connectivity index (χ0v) is 14.4. The van der Waals surface area contributed by atoms with Crippen LogP contribution in [0, 0.1) is 5.92 Å². The van der Waals surface area contributed by atoms with Crippen molar-refractivity contribution in [2.45, 2.75) is 51.1 Å². The smallest absolute Gasteiger partial charge is 0.242 e. The molecular formula is C20H26N2O2. The molecule has 0 spiro atoms. The molecule has 128 valence electrons. The van der Waals surface area contributed by atoms with Gasteiger partial charge in [-0.2, -0.15) is 0 Å². The molecule has 0 N–H and O–H groups in total. The maximum Gasteiger partial charge on any atom is 0.242 e. The Balaban J connectivity index is 1.51. The van der Waals surface area contributed by atoms with Gasteiger partial charge in [0.2, 0.25) is 5.91 Å². The number of rotatable bonds is 4. The number of nitrogens with zero attached hydrogens (tertiary/aromatic N) is 2. The number of methoxy groups -OCH3 is 1. The normalized spacial score (nSPS) is 21.7. The van der Waals surface area contributed by atoms with E-state index in [1.54, 1.807) is 7.11 Å². The fourth-order valence-electron chi connectivity index (χ4n) is 4.61. The van der Waals surface area contributed by atoms with Crippen molar-refractivity contribution in [3.8, 4) is 5.75 Å². The average Bonchev–Trinajstić information content (AvgIpc) is 3.34. The van der Waals surface area contributed by atoms with Gasteiger partial charge in [0.25, 0.3) is 0 Å². The summed E-state index contributed by atoms with van der Waals surface area (Å²) in [5.74, 6) is 1.87. The second-order valence-electron chi connectivity index (χ2n) is 7.21. The van der Waals surface area contributed by atoms with Gasteiger partial charge < -0.3 is 14.2 Å². The first-order valence-corrected chi connectivity index (χ1v) is 9.18. The van der Waals surface area contributed by atoms with Gasteiger partial charge >= 0.3 is 0 Å². The molecule has 1 aliphatic heterocycles. The monoisotopic (exact) mass is 326 g/mol. The van der Waals surface area contributed by atoms with E-state index in [2.05, 4.69) is 15.5 Å². The van der Waals surface area contributed by atoms with E-state index < -0.39 is 0 Å². The molecule has 1 unspecified atom stereocenters. The van der Waals surface area contributed by atoms with E-state index in [9.17, 15) is 4.79 Å². The van der Waals surface area contributed by atoms with Gasteiger partial charge in [0.15, 0.2) is 0 Å². The molecule has 2 aromatic rings. The molecule has 24 heavy (non-hydrogen) atoms. The predicted octanol–water partition coefficient (Wildman–Crippen LogP) is 3.83. The zero-order chi connectivity index (χ0) is 16.5. The maximum atomic E-state index is 12.9. The minimum Gasteiger partial charge on any atom is -0.497 e. The summed E-state index contributed by atoms with van der Waals surface area (Å²) in [6.45, 7) is 1.38. The third-order valence-electron chi connectivity index (χ3n) is 5.85. The number of amides is 1. The lowest BCUT2D eigenvalue weighted by molar-refractivity contribution is -0.133. The topological polar surface area (TPSA) is 34.5 Å². The number of likely N-dealkylation sites (tertiary alicyclic amines) is 1. The Morgan fingerprint density at radius 2 is 2.00 bits per heavy atom. The van der Waals surface area contributed by atoms with E-state index in [0.29, 0.717) is 12.6 Å². The number of aromatic nitrogens is 1. The fraction of sp³-hybridized carbons (Fsp3) is 0.550. The standard InChI is InChI=1S/C20H26N2O2/c1-24-17-8-9-18-16(13-17)10-12-21(18)14-20(23)22-11-4-7-19(22)15-5-2-3-6-15/h8-10,12-13,15,19H,2-7,11,14H2,1H3. The van der Waals surface area contributed by atoms with E-state index in [1.165, 1.54) is 32.1 Å². The highest BCUT2D eigenvalue weighted by molar-refractivity contribution is 5.84. The number of hydrogen-bond acceptors (Lipinski definition) is 2. The second kappa shape index (κ2) is 6.50. The lowest BCUT2D eigenvalue weighted by atomic mass is 9.96. The van der Waals surface area contributed by atoms with Gasteiger partial charge in [0.1, 0.15) is 12.3 Å². The summed E-state index contributed by atoms with van der Waals surface area (Å²) in [7, 11) is 1.68. The Bertz CT molecular complexity index is 730. The van der Waals surface area contributed by atoms with Crippen molar-refractivity contribution < 1.29 is 9.53 Å². The molecule has 1 saturated carbocycles. The van der Waals surface area contributed by atoms with Gasteiger partial charge in [-0.05, 0) is 55.9 Å². The Morgan fingerprint density at radius 1 is 1.17 bits per heavy atom. The molecule has 4 heteroatoms. The van der Waals surface area contributed by atoms with Crippen molar-refractivity contribution in [2.75, 3.05) is 13.7 Å². The van der Waals surface area contributed by atoms with Gasteiger partial charge in [-0.25, -0.2) is 0 Å². The van der Waals surface area contributed by atoms with Crippen LogP contribution in [0.5, 0.6) is 5.75 Å². The number of carbonyl (C=O) groups excluding carboxylic acids is 1. The molecule has 1 atom stereocenters. The summed E-state index contributed by atoms with van der Waals surface area (Å²) in [4.78, 5) is 15.1. The molecule has 1 aromatic heterocycles. The van der Waals surface area contributed by atoms with Crippen LogP contribution in [0.4, 0.5) is 0 Å². The highest BCUT2D eigenvalue weighted by Crippen LogP contribution is 2.35. The summed E-state index contributed by atoms with van der Waals surface area (Å²) in [6.07, 6.45) is 9.67. The Hall–Kier alpha value is -1.97. The summed E-state index contributed by atoms with van der Waals surface area (Å²) < 4.78 is 7.35. The van der Waals surface area contributed by atoms with E-state index >= 15 is 0 Å². The predicted molar refractivity (Wildman–Crippen MR) is 95.2 cm³/mol. The average molecular weight is 326 g/mol. The van der Waals surface area contributed by atoms with Crippen molar-refractivity contribution >= 4 is 16.8 Å². The van der Waals surface area contributed by atoms with Crippen molar-refractivity contribution in [1.29, 1.82) is 0 Å². The number of hydrogen-bond donors (Lipinski definition) is 0. The first kappa shape index (κ1) is 15.6. The van der Waals surface area contributed by atoms with Crippen LogP contribution >= 0.6 is 0 Å². The summed E-state index contributed by atoms with van der Waals surface area (Å²) in [5, 5.41) is 1.12. The highest BCUT2D eigenvalue weighted by atomic mass is 16.5. The molecule has 4 nitrogen and oxygen atoms in total. The molecule has 1 aromatic carbocycles. The van der Waals surface area contributed by atoms with Gasteiger partial charge in [0, 0.05) is 29.7 Å². The molecule has 4 rings (SSSR count). The number of fused-ring (bicyclic) bond motifs is 1. The van der Waals surface area contributed by atoms with Crippen LogP contribution in [0.25, 0.3) is 10.9 Å². The largest absolute Gasteiger partial charge is 0.497 e. The molecule has 2 fully saturated rings. The molecule has 1 aliphatic carbocycles. The third kappa shape index (κ3) is 2.79. The SMILES string of the molecule is COc1ccc2c(ccn2CC(=O)N2CCCC2C2CCCC2)c1. The minimum atomic E-state index is 0.276. The van der Waals surface area contributed by atoms with Crippen molar-refractivity contribution in [3.05, 3.63) is 30.5 Å². The van der Waals surface area contributed by atoms with Crippen LogP contribution in [0.3, 0.4) is 0 Å². The van der Waals surface area contributed by atoms with Crippen LogP contribution in [-0.2, 0) is 11.3 Å². The van der Waals surface area contributed by atoms with Crippen molar-refractivity contribution in [2.24, 2.45) is 5.92 Å². The lowest BCUT2D eigenvalue weighted by Gasteiger charge is -2.29. The minimum absolute atomic E-state index is 0.276. The van der Waals surface area contributed by atoms with E-state index in [1.807, 2.05) is 24.4 Å². The van der Waals surface area contributed by atoms with Crippen LogP contribution < -0.4 is 4.74 Å². The molecule has 0 radical (unpaired) electrons. The van der Waals surface area contributed by atoms with Gasteiger partial charge in [-0.1, -0.05) is 12.8 Å². The Labute approximate surface area is 143 Å². The maximum absolute atomic E-state index is 12.9. The molecule has 2 aliphatic rings. The number of benzene rings is 1. The summed E-state index contributed by atoms with van der Waals surface area (Å²) in [5.41, 5.74) is 1.10. The Morgan fingerprint density at radius 3 is 2.79 bits per heavy atom. The fourth-order valence-corrected chi connectivity index (χ4v) is 4.61. The first-order chi connectivity index (χ1) is 11.8. The summed E-state index contributed by atoms with van der Waals surface area (Å²) >= 11 is 0. The van der Waals surface area contributed by atoms with Crippen molar-refractivity contribution in [3.63, 3.8) is 0 Å². The van der Waals surface area contributed by atoms with Gasteiger partial charge in [-0.15, -0.1) is 0 Å². The van der Waals surface area contributed by atoms with E-state index in [0.717, 1.165) is 35.5 Å².